The normalized spacial score (nSPS) is 25.9. The zero-order valence-corrected chi connectivity index (χ0v) is 20.3. The number of unbranched alkanes of at least 4 members (excludes halogenated alkanes) is 2. The van der Waals surface area contributed by atoms with Crippen LogP contribution in [0.2, 0.25) is 0 Å². The molecule has 0 aliphatic carbocycles. The van der Waals surface area contributed by atoms with E-state index in [0.717, 1.165) is 67.6 Å². The molecule has 2 aliphatic heterocycles. The maximum atomic E-state index is 6.16. The van der Waals surface area contributed by atoms with Crippen LogP contribution in [0.4, 0.5) is 0 Å². The fourth-order valence-electron chi connectivity index (χ4n) is 4.59. The second-order valence-electron chi connectivity index (χ2n) is 9.48. The minimum Gasteiger partial charge on any atom is -0.494 e. The van der Waals surface area contributed by atoms with Crippen LogP contribution in [0.3, 0.4) is 0 Å². The summed E-state index contributed by atoms with van der Waals surface area (Å²) in [5.74, 6) is 1.85. The zero-order chi connectivity index (χ0) is 22.9. The summed E-state index contributed by atoms with van der Waals surface area (Å²) in [5, 5.41) is 2.31. The highest BCUT2D eigenvalue weighted by Gasteiger charge is 2.27. The molecule has 2 fully saturated rings. The molecule has 0 unspecified atom stereocenters. The van der Waals surface area contributed by atoms with E-state index in [4.69, 9.17) is 23.7 Å². The molecule has 2 aliphatic rings. The van der Waals surface area contributed by atoms with Gasteiger partial charge >= 0.3 is 0 Å². The van der Waals surface area contributed by atoms with Crippen molar-refractivity contribution in [3.05, 3.63) is 42.0 Å². The lowest BCUT2D eigenvalue weighted by Crippen LogP contribution is -2.33. The van der Waals surface area contributed by atoms with Crippen LogP contribution in [0.15, 0.2) is 36.4 Å². The molecular formula is C28H40O5. The molecule has 182 valence electrons. The van der Waals surface area contributed by atoms with Gasteiger partial charge < -0.3 is 23.7 Å². The number of ether oxygens (including phenoxy) is 5. The number of fused-ring (bicyclic) bond motifs is 1. The van der Waals surface area contributed by atoms with Crippen molar-refractivity contribution in [1.29, 1.82) is 0 Å². The molecule has 0 amide bonds. The predicted molar refractivity (Wildman–Crippen MR) is 130 cm³/mol. The molecule has 5 nitrogen and oxygen atoms in total. The second-order valence-corrected chi connectivity index (χ2v) is 9.48. The Morgan fingerprint density at radius 2 is 1.52 bits per heavy atom. The lowest BCUT2D eigenvalue weighted by molar-refractivity contribution is -0.220. The van der Waals surface area contributed by atoms with Crippen LogP contribution >= 0.6 is 0 Å². The van der Waals surface area contributed by atoms with Crippen molar-refractivity contribution < 1.29 is 23.7 Å². The van der Waals surface area contributed by atoms with Gasteiger partial charge in [0.05, 0.1) is 33.0 Å². The monoisotopic (exact) mass is 456 g/mol. The Labute approximate surface area is 198 Å². The molecule has 2 heterocycles. The molecule has 0 atom stereocenters. The highest BCUT2D eigenvalue weighted by atomic mass is 16.7. The van der Waals surface area contributed by atoms with E-state index in [9.17, 15) is 0 Å². The maximum absolute atomic E-state index is 6.16. The molecule has 2 aromatic carbocycles. The third kappa shape index (κ3) is 6.92. The molecule has 2 saturated heterocycles. The highest BCUT2D eigenvalue weighted by molar-refractivity contribution is 5.87. The van der Waals surface area contributed by atoms with E-state index < -0.39 is 0 Å². The van der Waals surface area contributed by atoms with Crippen LogP contribution in [0.25, 0.3) is 10.8 Å². The summed E-state index contributed by atoms with van der Waals surface area (Å²) in [4.78, 5) is 0. The summed E-state index contributed by atoms with van der Waals surface area (Å²) < 4.78 is 30.1. The SMILES string of the molecule is CCCCOc1ccc2c(C3OCC(CCC4OCC(CCCC)CO4)CO3)cccc2c1. The van der Waals surface area contributed by atoms with Gasteiger partial charge in [0.2, 0.25) is 0 Å². The predicted octanol–water partition coefficient (Wildman–Crippen LogP) is 6.64. The van der Waals surface area contributed by atoms with Gasteiger partial charge in [-0.3, -0.25) is 0 Å². The van der Waals surface area contributed by atoms with E-state index >= 15 is 0 Å². The second kappa shape index (κ2) is 12.7. The molecule has 0 bridgehead atoms. The van der Waals surface area contributed by atoms with Crippen molar-refractivity contribution in [2.24, 2.45) is 11.8 Å². The van der Waals surface area contributed by atoms with Gasteiger partial charge in [-0.1, -0.05) is 57.4 Å². The quantitative estimate of drug-likeness (QED) is 0.355. The van der Waals surface area contributed by atoms with Gasteiger partial charge in [0, 0.05) is 17.4 Å². The van der Waals surface area contributed by atoms with Crippen molar-refractivity contribution in [2.75, 3.05) is 33.0 Å². The van der Waals surface area contributed by atoms with E-state index in [0.29, 0.717) is 25.0 Å². The highest BCUT2D eigenvalue weighted by Crippen LogP contribution is 2.33. The topological polar surface area (TPSA) is 46.2 Å². The molecule has 33 heavy (non-hydrogen) atoms. The van der Waals surface area contributed by atoms with Crippen molar-refractivity contribution in [2.45, 2.75) is 71.4 Å². The Kier molecular flexibility index (Phi) is 9.42. The van der Waals surface area contributed by atoms with Gasteiger partial charge in [-0.05, 0) is 48.6 Å². The molecule has 4 rings (SSSR count). The van der Waals surface area contributed by atoms with Gasteiger partial charge in [-0.2, -0.15) is 0 Å². The molecule has 0 saturated carbocycles. The van der Waals surface area contributed by atoms with E-state index in [1.54, 1.807) is 0 Å². The van der Waals surface area contributed by atoms with E-state index in [1.165, 1.54) is 19.3 Å². The van der Waals surface area contributed by atoms with Gasteiger partial charge in [-0.15, -0.1) is 0 Å². The Hall–Kier alpha value is -1.66. The van der Waals surface area contributed by atoms with Crippen molar-refractivity contribution in [3.63, 3.8) is 0 Å². The van der Waals surface area contributed by atoms with Crippen LogP contribution in [0.5, 0.6) is 5.75 Å². The van der Waals surface area contributed by atoms with Crippen molar-refractivity contribution in [1.82, 2.24) is 0 Å². The van der Waals surface area contributed by atoms with Crippen LogP contribution in [-0.2, 0) is 18.9 Å². The number of hydrogen-bond acceptors (Lipinski definition) is 5. The third-order valence-electron chi connectivity index (χ3n) is 6.68. The summed E-state index contributed by atoms with van der Waals surface area (Å²) in [5.41, 5.74) is 1.09. The third-order valence-corrected chi connectivity index (χ3v) is 6.68. The first kappa shape index (κ1) is 24.5. The fourth-order valence-corrected chi connectivity index (χ4v) is 4.59. The largest absolute Gasteiger partial charge is 0.494 e. The molecule has 2 aromatic rings. The molecule has 0 spiro atoms. The van der Waals surface area contributed by atoms with Gasteiger partial charge in [0.1, 0.15) is 5.75 Å². The van der Waals surface area contributed by atoms with E-state index in [1.807, 2.05) is 6.07 Å². The molecular weight excluding hydrogens is 416 g/mol. The zero-order valence-electron chi connectivity index (χ0n) is 20.3. The lowest BCUT2D eigenvalue weighted by atomic mass is 10.0. The van der Waals surface area contributed by atoms with Gasteiger partial charge in [0.25, 0.3) is 0 Å². The first-order valence-electron chi connectivity index (χ1n) is 12.9. The maximum Gasteiger partial charge on any atom is 0.184 e. The molecule has 0 radical (unpaired) electrons. The molecule has 0 N–H and O–H groups in total. The average Bonchev–Trinajstić information content (AvgIpc) is 2.87. The van der Waals surface area contributed by atoms with Gasteiger partial charge in [-0.25, -0.2) is 0 Å². The summed E-state index contributed by atoms with van der Waals surface area (Å²) in [6.45, 7) is 8.22. The Bertz CT molecular complexity index is 837. The van der Waals surface area contributed by atoms with Crippen molar-refractivity contribution >= 4 is 10.8 Å². The number of benzene rings is 2. The first-order valence-corrected chi connectivity index (χ1v) is 12.9. The fraction of sp³-hybridized carbons (Fsp3) is 0.643. The minimum atomic E-state index is -0.321. The summed E-state index contributed by atoms with van der Waals surface area (Å²) in [6.07, 6.45) is 7.39. The lowest BCUT2D eigenvalue weighted by Gasteiger charge is -2.33. The summed E-state index contributed by atoms with van der Waals surface area (Å²) in [7, 11) is 0. The van der Waals surface area contributed by atoms with Crippen molar-refractivity contribution in [3.8, 4) is 5.75 Å². The molecule has 0 aromatic heterocycles. The average molecular weight is 457 g/mol. The number of hydrogen-bond donors (Lipinski definition) is 0. The van der Waals surface area contributed by atoms with E-state index in [2.05, 4.69) is 44.2 Å². The number of rotatable bonds is 11. The van der Waals surface area contributed by atoms with Crippen LogP contribution in [-0.4, -0.2) is 39.3 Å². The summed E-state index contributed by atoms with van der Waals surface area (Å²) >= 11 is 0. The van der Waals surface area contributed by atoms with E-state index in [-0.39, 0.29) is 12.6 Å². The molecule has 5 heteroatoms. The standard InChI is InChI=1S/C28H40O5/c1-3-5-8-21-17-30-27(31-18-21)14-11-22-19-32-28(33-20-22)26-10-7-9-23-16-24(12-13-25(23)26)29-15-6-4-2/h7,9-10,12-13,16,21-22,27-28H,3-6,8,11,14-15,17-20H2,1-2H3. The Morgan fingerprint density at radius 3 is 2.27 bits per heavy atom. The first-order chi connectivity index (χ1) is 16.3. The summed E-state index contributed by atoms with van der Waals surface area (Å²) in [6, 6.07) is 12.6. The minimum absolute atomic E-state index is 0.0765. The van der Waals surface area contributed by atoms with Crippen LogP contribution in [0, 0.1) is 11.8 Å². The Balaban J connectivity index is 1.24. The Morgan fingerprint density at radius 1 is 0.788 bits per heavy atom. The van der Waals surface area contributed by atoms with Crippen LogP contribution in [0.1, 0.15) is 70.6 Å². The van der Waals surface area contributed by atoms with Gasteiger partial charge in [0.15, 0.2) is 12.6 Å². The smallest absolute Gasteiger partial charge is 0.184 e. The van der Waals surface area contributed by atoms with Crippen LogP contribution < -0.4 is 4.74 Å².